The predicted molar refractivity (Wildman–Crippen MR) is 105 cm³/mol. The van der Waals surface area contributed by atoms with E-state index in [-0.39, 0.29) is 4.90 Å². The van der Waals surface area contributed by atoms with Gasteiger partial charge in [-0.3, -0.25) is 0 Å². The molecule has 1 heterocycles. The van der Waals surface area contributed by atoms with Crippen molar-refractivity contribution in [1.82, 2.24) is 9.62 Å². The molecule has 1 saturated heterocycles. The molecule has 1 aromatic rings. The molecule has 0 spiro atoms. The van der Waals surface area contributed by atoms with Crippen LogP contribution in [-0.2, 0) is 10.0 Å². The zero-order valence-electron chi connectivity index (χ0n) is 14.6. The first-order valence-corrected chi connectivity index (χ1v) is 10.9. The van der Waals surface area contributed by atoms with Crippen LogP contribution >= 0.6 is 22.6 Å². The Morgan fingerprint density at radius 2 is 1.96 bits per heavy atom. The molecule has 0 bridgehead atoms. The number of nitrogens with one attached hydrogen (secondary N) is 1. The first-order valence-electron chi connectivity index (χ1n) is 8.37. The smallest absolute Gasteiger partial charge is 0.240 e. The molecule has 1 aliphatic heterocycles. The van der Waals surface area contributed by atoms with E-state index in [4.69, 9.17) is 4.74 Å². The Balaban J connectivity index is 1.83. The number of halogens is 1. The molecule has 0 radical (unpaired) electrons. The number of piperidine rings is 1. The fourth-order valence-electron chi connectivity index (χ4n) is 3.38. The fraction of sp³-hybridized carbons (Fsp3) is 0.647. The maximum absolute atomic E-state index is 12.4. The van der Waals surface area contributed by atoms with Gasteiger partial charge in [-0.1, -0.05) is 13.8 Å². The average Bonchev–Trinajstić information content (AvgIpc) is 2.50. The number of ether oxygens (including phenoxy) is 1. The largest absolute Gasteiger partial charge is 0.496 e. The highest BCUT2D eigenvalue weighted by Gasteiger charge is 2.21. The first-order chi connectivity index (χ1) is 11.3. The van der Waals surface area contributed by atoms with Crippen LogP contribution in [0.2, 0.25) is 0 Å². The highest BCUT2D eigenvalue weighted by molar-refractivity contribution is 14.1. The van der Waals surface area contributed by atoms with Crippen LogP contribution < -0.4 is 9.46 Å². The van der Waals surface area contributed by atoms with Crippen molar-refractivity contribution < 1.29 is 13.2 Å². The number of benzene rings is 1. The highest BCUT2D eigenvalue weighted by atomic mass is 127. The van der Waals surface area contributed by atoms with Crippen LogP contribution in [0.15, 0.2) is 23.1 Å². The third-order valence-corrected chi connectivity index (χ3v) is 6.62. The standard InChI is InChI=1S/C17H27IN2O3S/c1-13-9-14(2)12-20(11-13)8-4-7-19-24(21,22)15-5-6-17(23-3)16(18)10-15/h5-6,10,13-14,19H,4,7-9,11-12H2,1-3H3/t13-,14+. The van der Waals surface area contributed by atoms with E-state index < -0.39 is 10.0 Å². The molecular weight excluding hydrogens is 439 g/mol. The van der Waals surface area contributed by atoms with E-state index in [0.717, 1.165) is 41.5 Å². The molecule has 1 aromatic carbocycles. The van der Waals surface area contributed by atoms with Crippen LogP contribution in [-0.4, -0.2) is 46.6 Å². The van der Waals surface area contributed by atoms with E-state index in [1.165, 1.54) is 6.42 Å². The van der Waals surface area contributed by atoms with E-state index in [2.05, 4.69) is 46.1 Å². The van der Waals surface area contributed by atoms with Gasteiger partial charge in [-0.05, 0) is 72.0 Å². The van der Waals surface area contributed by atoms with Gasteiger partial charge in [0.15, 0.2) is 0 Å². The second kappa shape index (κ2) is 8.82. The van der Waals surface area contributed by atoms with Gasteiger partial charge in [0.1, 0.15) is 5.75 Å². The summed E-state index contributed by atoms with van der Waals surface area (Å²) in [5.74, 6) is 2.14. The van der Waals surface area contributed by atoms with Crippen LogP contribution in [0.4, 0.5) is 0 Å². The third-order valence-electron chi connectivity index (χ3n) is 4.32. The lowest BCUT2D eigenvalue weighted by Crippen LogP contribution is -2.40. The lowest BCUT2D eigenvalue weighted by Gasteiger charge is -2.34. The summed E-state index contributed by atoms with van der Waals surface area (Å²) >= 11 is 2.08. The van der Waals surface area contributed by atoms with Crippen molar-refractivity contribution in [3.05, 3.63) is 21.8 Å². The molecule has 0 unspecified atom stereocenters. The number of likely N-dealkylation sites (tertiary alicyclic amines) is 1. The fourth-order valence-corrected chi connectivity index (χ4v) is 5.43. The van der Waals surface area contributed by atoms with Gasteiger partial charge < -0.3 is 9.64 Å². The van der Waals surface area contributed by atoms with E-state index in [9.17, 15) is 8.42 Å². The molecule has 1 fully saturated rings. The summed E-state index contributed by atoms with van der Waals surface area (Å²) in [7, 11) is -1.89. The zero-order valence-corrected chi connectivity index (χ0v) is 17.6. The molecule has 136 valence electrons. The summed E-state index contributed by atoms with van der Waals surface area (Å²) in [5, 5.41) is 0. The number of sulfonamides is 1. The van der Waals surface area contributed by atoms with E-state index in [0.29, 0.717) is 12.3 Å². The van der Waals surface area contributed by atoms with Crippen LogP contribution in [0.25, 0.3) is 0 Å². The molecule has 0 amide bonds. The minimum Gasteiger partial charge on any atom is -0.496 e. The summed E-state index contributed by atoms with van der Waals surface area (Å²) in [6.45, 7) is 8.22. The number of rotatable bonds is 7. The van der Waals surface area contributed by atoms with Gasteiger partial charge in [0.2, 0.25) is 10.0 Å². The summed E-state index contributed by atoms with van der Waals surface area (Å²) in [4.78, 5) is 2.73. The molecule has 24 heavy (non-hydrogen) atoms. The Hall–Kier alpha value is -0.380. The van der Waals surface area contributed by atoms with Crippen molar-refractivity contribution in [3.8, 4) is 5.75 Å². The van der Waals surface area contributed by atoms with E-state index in [1.54, 1.807) is 25.3 Å². The second-order valence-electron chi connectivity index (χ2n) is 6.75. The van der Waals surface area contributed by atoms with Crippen LogP contribution in [0.1, 0.15) is 26.7 Å². The van der Waals surface area contributed by atoms with Crippen molar-refractivity contribution in [1.29, 1.82) is 0 Å². The number of hydrogen-bond acceptors (Lipinski definition) is 4. The van der Waals surface area contributed by atoms with Crippen molar-refractivity contribution in [2.45, 2.75) is 31.6 Å². The van der Waals surface area contributed by atoms with Gasteiger partial charge in [-0.25, -0.2) is 13.1 Å². The Kier molecular flexibility index (Phi) is 7.33. The van der Waals surface area contributed by atoms with E-state index >= 15 is 0 Å². The zero-order chi connectivity index (χ0) is 17.7. The van der Waals surface area contributed by atoms with Gasteiger partial charge in [-0.2, -0.15) is 0 Å². The van der Waals surface area contributed by atoms with Gasteiger partial charge in [0, 0.05) is 19.6 Å². The van der Waals surface area contributed by atoms with Crippen molar-refractivity contribution in [2.24, 2.45) is 11.8 Å². The molecule has 2 rings (SSSR count). The topological polar surface area (TPSA) is 58.6 Å². The molecule has 1 N–H and O–H groups in total. The maximum atomic E-state index is 12.4. The monoisotopic (exact) mass is 466 g/mol. The van der Waals surface area contributed by atoms with E-state index in [1.807, 2.05) is 0 Å². The Morgan fingerprint density at radius 1 is 1.29 bits per heavy atom. The molecule has 0 aromatic heterocycles. The Bertz CT molecular complexity index is 641. The van der Waals surface area contributed by atoms with Gasteiger partial charge in [0.05, 0.1) is 15.6 Å². The molecule has 0 aliphatic carbocycles. The summed E-state index contributed by atoms with van der Waals surface area (Å²) in [6.07, 6.45) is 2.12. The SMILES string of the molecule is COc1ccc(S(=O)(=O)NCCCN2C[C@H](C)C[C@H](C)C2)cc1I. The van der Waals surface area contributed by atoms with Crippen LogP contribution in [0.5, 0.6) is 5.75 Å². The third kappa shape index (κ3) is 5.57. The summed E-state index contributed by atoms with van der Waals surface area (Å²) in [5.41, 5.74) is 0. The van der Waals surface area contributed by atoms with Crippen LogP contribution in [0.3, 0.4) is 0 Å². The van der Waals surface area contributed by atoms with Gasteiger partial charge >= 0.3 is 0 Å². The summed E-state index contributed by atoms with van der Waals surface area (Å²) in [6, 6.07) is 4.90. The normalized spacial score (nSPS) is 22.5. The van der Waals surface area contributed by atoms with Gasteiger partial charge in [0.25, 0.3) is 0 Å². The molecule has 0 saturated carbocycles. The van der Waals surface area contributed by atoms with Crippen molar-refractivity contribution >= 4 is 32.6 Å². The lowest BCUT2D eigenvalue weighted by molar-refractivity contribution is 0.140. The van der Waals surface area contributed by atoms with Crippen molar-refractivity contribution in [2.75, 3.05) is 33.3 Å². The minimum atomic E-state index is -3.46. The van der Waals surface area contributed by atoms with Gasteiger partial charge in [-0.15, -0.1) is 0 Å². The molecule has 7 heteroatoms. The molecule has 2 atom stereocenters. The minimum absolute atomic E-state index is 0.285. The molecule has 5 nitrogen and oxygen atoms in total. The highest BCUT2D eigenvalue weighted by Crippen LogP contribution is 2.24. The van der Waals surface area contributed by atoms with Crippen LogP contribution in [0, 0.1) is 15.4 Å². The lowest BCUT2D eigenvalue weighted by atomic mass is 9.92. The molecule has 1 aliphatic rings. The molecular formula is C17H27IN2O3S. The van der Waals surface area contributed by atoms with Crippen molar-refractivity contribution in [3.63, 3.8) is 0 Å². The average molecular weight is 466 g/mol. The first kappa shape index (κ1) is 19.9. The maximum Gasteiger partial charge on any atom is 0.240 e. The Morgan fingerprint density at radius 3 is 2.54 bits per heavy atom. The predicted octanol–water partition coefficient (Wildman–Crippen LogP) is 2.95. The number of nitrogens with zero attached hydrogens (tertiary/aromatic N) is 1. The summed E-state index contributed by atoms with van der Waals surface area (Å²) < 4.78 is 33.4. The second-order valence-corrected chi connectivity index (χ2v) is 9.68. The Labute approximate surface area is 159 Å². The quantitative estimate of drug-likeness (QED) is 0.496. The number of hydrogen-bond donors (Lipinski definition) is 1. The number of methoxy groups -OCH3 is 1.